The molecule has 0 radical (unpaired) electrons. The predicted octanol–water partition coefficient (Wildman–Crippen LogP) is 3.67. The van der Waals surface area contributed by atoms with Crippen LogP contribution in [0.3, 0.4) is 0 Å². The van der Waals surface area contributed by atoms with Gasteiger partial charge in [-0.2, -0.15) is 0 Å². The van der Waals surface area contributed by atoms with Crippen LogP contribution in [0.2, 0.25) is 0 Å². The third-order valence-corrected chi connectivity index (χ3v) is 4.89. The van der Waals surface area contributed by atoms with Crippen LogP contribution in [0.1, 0.15) is 50.6 Å². The average Bonchev–Trinajstić information content (AvgIpc) is 2.46. The van der Waals surface area contributed by atoms with Crippen LogP contribution in [0.15, 0.2) is 18.2 Å². The number of rotatable bonds is 2. The number of hydrogen-bond acceptors (Lipinski definition) is 3. The van der Waals surface area contributed by atoms with E-state index in [0.717, 1.165) is 29.4 Å². The van der Waals surface area contributed by atoms with Gasteiger partial charge < -0.3 is 15.2 Å². The molecule has 1 aromatic rings. The molecule has 20 heavy (non-hydrogen) atoms. The fourth-order valence-electron chi connectivity index (χ4n) is 3.75. The molecule has 110 valence electrons. The number of ether oxygens (including phenoxy) is 2. The number of fused-ring (bicyclic) bond motifs is 1. The maximum Gasteiger partial charge on any atom is 0.128 e. The Morgan fingerprint density at radius 1 is 1.25 bits per heavy atom. The summed E-state index contributed by atoms with van der Waals surface area (Å²) in [5.74, 6) is 3.24. The van der Waals surface area contributed by atoms with Crippen LogP contribution in [0.4, 0.5) is 0 Å². The van der Waals surface area contributed by atoms with Gasteiger partial charge in [-0.05, 0) is 30.7 Å². The zero-order valence-electron chi connectivity index (χ0n) is 12.5. The molecule has 4 atom stereocenters. The lowest BCUT2D eigenvalue weighted by molar-refractivity contribution is 0.0663. The Bertz CT molecular complexity index is 474. The van der Waals surface area contributed by atoms with Crippen molar-refractivity contribution in [1.29, 1.82) is 0 Å². The van der Waals surface area contributed by atoms with Crippen LogP contribution in [-0.2, 0) is 0 Å². The van der Waals surface area contributed by atoms with Gasteiger partial charge in [0, 0.05) is 24.1 Å². The highest BCUT2D eigenvalue weighted by molar-refractivity contribution is 5.43. The summed E-state index contributed by atoms with van der Waals surface area (Å²) in [5, 5.41) is 0. The Balaban J connectivity index is 1.80. The molecule has 1 aromatic carbocycles. The van der Waals surface area contributed by atoms with E-state index in [9.17, 15) is 0 Å². The molecular weight excluding hydrogens is 250 g/mol. The van der Waals surface area contributed by atoms with Gasteiger partial charge in [0.25, 0.3) is 0 Å². The second kappa shape index (κ2) is 5.65. The molecule has 4 unspecified atom stereocenters. The van der Waals surface area contributed by atoms with Gasteiger partial charge in [0.1, 0.15) is 17.6 Å². The van der Waals surface area contributed by atoms with Crippen molar-refractivity contribution < 1.29 is 9.47 Å². The lowest BCUT2D eigenvalue weighted by atomic mass is 9.77. The van der Waals surface area contributed by atoms with Gasteiger partial charge in [0.2, 0.25) is 0 Å². The summed E-state index contributed by atoms with van der Waals surface area (Å²) < 4.78 is 11.6. The molecule has 3 nitrogen and oxygen atoms in total. The Kier molecular flexibility index (Phi) is 3.88. The Morgan fingerprint density at radius 3 is 2.85 bits per heavy atom. The molecule has 2 aliphatic rings. The third kappa shape index (κ3) is 2.64. The van der Waals surface area contributed by atoms with E-state index in [0.29, 0.717) is 5.92 Å². The zero-order chi connectivity index (χ0) is 14.1. The maximum atomic E-state index is 6.35. The topological polar surface area (TPSA) is 44.5 Å². The largest absolute Gasteiger partial charge is 0.497 e. The third-order valence-electron chi connectivity index (χ3n) is 4.89. The first-order chi connectivity index (χ1) is 9.67. The molecule has 0 saturated heterocycles. The Morgan fingerprint density at radius 2 is 2.10 bits per heavy atom. The number of nitrogens with two attached hydrogens (primary N) is 1. The molecule has 0 aromatic heterocycles. The molecule has 2 N–H and O–H groups in total. The van der Waals surface area contributed by atoms with Crippen molar-refractivity contribution in [2.75, 3.05) is 7.11 Å². The fourth-order valence-corrected chi connectivity index (χ4v) is 3.75. The van der Waals surface area contributed by atoms with Gasteiger partial charge >= 0.3 is 0 Å². The zero-order valence-corrected chi connectivity index (χ0v) is 12.5. The average molecular weight is 275 g/mol. The quantitative estimate of drug-likeness (QED) is 0.895. The van der Waals surface area contributed by atoms with Crippen molar-refractivity contribution in [1.82, 2.24) is 0 Å². The summed E-state index contributed by atoms with van der Waals surface area (Å²) in [6.07, 6.45) is 6.45. The molecule has 1 saturated carbocycles. The molecule has 0 amide bonds. The second-order valence-electron chi connectivity index (χ2n) is 6.43. The standard InChI is InChI=1S/C17H25NO2/c1-11-4-3-5-12(8-11)16-10-15(18)14-7-6-13(19-2)9-17(14)20-16/h6-7,9,11-12,15-16H,3-5,8,10,18H2,1-2H3. The lowest BCUT2D eigenvalue weighted by Gasteiger charge is -2.38. The highest BCUT2D eigenvalue weighted by Crippen LogP contribution is 2.41. The van der Waals surface area contributed by atoms with Gasteiger partial charge in [-0.25, -0.2) is 0 Å². The molecule has 3 rings (SSSR count). The van der Waals surface area contributed by atoms with Crippen molar-refractivity contribution in [2.24, 2.45) is 17.6 Å². The van der Waals surface area contributed by atoms with E-state index in [1.807, 2.05) is 18.2 Å². The number of benzene rings is 1. The van der Waals surface area contributed by atoms with Crippen molar-refractivity contribution in [2.45, 2.75) is 51.2 Å². The minimum Gasteiger partial charge on any atom is -0.497 e. The summed E-state index contributed by atoms with van der Waals surface area (Å²) in [4.78, 5) is 0. The molecule has 3 heteroatoms. The van der Waals surface area contributed by atoms with Gasteiger partial charge in [-0.3, -0.25) is 0 Å². The number of hydrogen-bond donors (Lipinski definition) is 1. The molecule has 0 spiro atoms. The van der Waals surface area contributed by atoms with E-state index >= 15 is 0 Å². The van der Waals surface area contributed by atoms with E-state index in [4.69, 9.17) is 15.2 Å². The predicted molar refractivity (Wildman–Crippen MR) is 80.1 cm³/mol. The van der Waals surface area contributed by atoms with E-state index in [1.165, 1.54) is 25.7 Å². The first kappa shape index (κ1) is 13.7. The summed E-state index contributed by atoms with van der Waals surface area (Å²) in [6.45, 7) is 2.35. The molecular formula is C17H25NO2. The van der Waals surface area contributed by atoms with E-state index in [2.05, 4.69) is 6.92 Å². The van der Waals surface area contributed by atoms with Crippen molar-refractivity contribution >= 4 is 0 Å². The summed E-state index contributed by atoms with van der Waals surface area (Å²) in [7, 11) is 1.69. The maximum absolute atomic E-state index is 6.35. The minimum atomic E-state index is 0.0897. The van der Waals surface area contributed by atoms with Crippen LogP contribution in [-0.4, -0.2) is 13.2 Å². The lowest BCUT2D eigenvalue weighted by Crippen LogP contribution is -2.37. The normalized spacial score (nSPS) is 33.1. The molecule has 1 aliphatic carbocycles. The Hall–Kier alpha value is -1.22. The minimum absolute atomic E-state index is 0.0897. The van der Waals surface area contributed by atoms with Crippen LogP contribution < -0.4 is 15.2 Å². The SMILES string of the molecule is COc1ccc2c(c1)OC(C1CCCC(C)C1)CC2N. The van der Waals surface area contributed by atoms with Gasteiger partial charge in [0.05, 0.1) is 7.11 Å². The van der Waals surface area contributed by atoms with Crippen LogP contribution in [0.25, 0.3) is 0 Å². The highest BCUT2D eigenvalue weighted by atomic mass is 16.5. The van der Waals surface area contributed by atoms with Gasteiger partial charge in [-0.15, -0.1) is 0 Å². The van der Waals surface area contributed by atoms with Crippen LogP contribution in [0.5, 0.6) is 11.5 Å². The molecule has 0 bridgehead atoms. The summed E-state index contributed by atoms with van der Waals surface area (Å²) in [5.41, 5.74) is 7.47. The molecule has 1 fully saturated rings. The van der Waals surface area contributed by atoms with Gasteiger partial charge in [0.15, 0.2) is 0 Å². The summed E-state index contributed by atoms with van der Waals surface area (Å²) >= 11 is 0. The van der Waals surface area contributed by atoms with E-state index in [1.54, 1.807) is 7.11 Å². The monoisotopic (exact) mass is 275 g/mol. The van der Waals surface area contributed by atoms with Crippen LogP contribution >= 0.6 is 0 Å². The van der Waals surface area contributed by atoms with Crippen molar-refractivity contribution in [3.8, 4) is 11.5 Å². The molecule has 1 heterocycles. The first-order valence-electron chi connectivity index (χ1n) is 7.77. The smallest absolute Gasteiger partial charge is 0.128 e. The Labute approximate surface area is 121 Å². The molecule has 1 aliphatic heterocycles. The van der Waals surface area contributed by atoms with Crippen molar-refractivity contribution in [3.63, 3.8) is 0 Å². The first-order valence-corrected chi connectivity index (χ1v) is 7.77. The number of methoxy groups -OCH3 is 1. The van der Waals surface area contributed by atoms with Gasteiger partial charge in [-0.1, -0.05) is 25.8 Å². The van der Waals surface area contributed by atoms with Crippen LogP contribution in [0, 0.1) is 11.8 Å². The highest BCUT2D eigenvalue weighted by Gasteiger charge is 2.34. The van der Waals surface area contributed by atoms with E-state index in [-0.39, 0.29) is 12.1 Å². The summed E-state index contributed by atoms with van der Waals surface area (Å²) in [6, 6.07) is 6.07. The van der Waals surface area contributed by atoms with E-state index < -0.39 is 0 Å². The second-order valence-corrected chi connectivity index (χ2v) is 6.43. The van der Waals surface area contributed by atoms with Crippen molar-refractivity contribution in [3.05, 3.63) is 23.8 Å². The fraction of sp³-hybridized carbons (Fsp3) is 0.647.